The van der Waals surface area contributed by atoms with Gasteiger partial charge in [-0.25, -0.2) is 0 Å². The van der Waals surface area contributed by atoms with E-state index >= 15 is 0 Å². The second-order valence-electron chi connectivity index (χ2n) is 7.28. The third-order valence-corrected chi connectivity index (χ3v) is 5.45. The van der Waals surface area contributed by atoms with E-state index in [1.165, 1.54) is 5.56 Å². The number of hydrogen-bond donors (Lipinski definition) is 1. The van der Waals surface area contributed by atoms with Crippen molar-refractivity contribution in [3.05, 3.63) is 29.8 Å². The number of rotatable bonds is 4. The molecule has 3 rings (SSSR count). The van der Waals surface area contributed by atoms with Crippen LogP contribution in [-0.2, 0) is 14.3 Å². The van der Waals surface area contributed by atoms with E-state index in [0.29, 0.717) is 26.3 Å². The molecule has 6 heteroatoms. The Labute approximate surface area is 155 Å². The molecule has 26 heavy (non-hydrogen) atoms. The van der Waals surface area contributed by atoms with Crippen LogP contribution in [0.2, 0.25) is 0 Å². The molecule has 2 aliphatic heterocycles. The zero-order valence-corrected chi connectivity index (χ0v) is 15.7. The summed E-state index contributed by atoms with van der Waals surface area (Å²) in [5.41, 5.74) is 1.99. The fourth-order valence-corrected chi connectivity index (χ4v) is 3.63. The summed E-state index contributed by atoms with van der Waals surface area (Å²) in [5.74, 6) is 0.341. The van der Waals surface area contributed by atoms with E-state index < -0.39 is 0 Å². The molecule has 2 heterocycles. The summed E-state index contributed by atoms with van der Waals surface area (Å²) in [7, 11) is 0. The molecule has 6 nitrogen and oxygen atoms in total. The van der Waals surface area contributed by atoms with Gasteiger partial charge >= 0.3 is 0 Å². The maximum absolute atomic E-state index is 12.6. The number of benzene rings is 1. The molecular weight excluding hydrogens is 330 g/mol. The molecule has 0 radical (unpaired) electrons. The Balaban J connectivity index is 1.48. The normalized spacial score (nSPS) is 20.6. The Kier molecular flexibility index (Phi) is 6.27. The topological polar surface area (TPSA) is 61.9 Å². The molecule has 2 saturated heterocycles. The zero-order valence-electron chi connectivity index (χ0n) is 15.7. The van der Waals surface area contributed by atoms with Crippen molar-refractivity contribution in [3.63, 3.8) is 0 Å². The summed E-state index contributed by atoms with van der Waals surface area (Å²) in [4.78, 5) is 29.2. The van der Waals surface area contributed by atoms with Gasteiger partial charge < -0.3 is 15.0 Å². The third-order valence-electron chi connectivity index (χ3n) is 5.45. The zero-order chi connectivity index (χ0) is 18.5. The fraction of sp³-hybridized carbons (Fsp3) is 0.600. The predicted molar refractivity (Wildman–Crippen MR) is 101 cm³/mol. The van der Waals surface area contributed by atoms with Gasteiger partial charge in [-0.05, 0) is 51.9 Å². The van der Waals surface area contributed by atoms with Gasteiger partial charge in [0.2, 0.25) is 11.8 Å². The second-order valence-corrected chi connectivity index (χ2v) is 7.28. The quantitative estimate of drug-likeness (QED) is 0.892. The van der Waals surface area contributed by atoms with Gasteiger partial charge in [-0.2, -0.15) is 0 Å². The highest BCUT2D eigenvalue weighted by Gasteiger charge is 2.32. The van der Waals surface area contributed by atoms with Crippen molar-refractivity contribution < 1.29 is 14.3 Å². The van der Waals surface area contributed by atoms with Crippen LogP contribution in [-0.4, -0.2) is 67.0 Å². The summed E-state index contributed by atoms with van der Waals surface area (Å²) in [5, 5.41) is 2.98. The van der Waals surface area contributed by atoms with Crippen LogP contribution in [0.3, 0.4) is 0 Å². The lowest BCUT2D eigenvalue weighted by atomic mass is 9.94. The summed E-state index contributed by atoms with van der Waals surface area (Å²) in [6.07, 6.45) is 1.64. The number of anilines is 1. The number of aryl methyl sites for hydroxylation is 1. The summed E-state index contributed by atoms with van der Waals surface area (Å²) in [6.45, 7) is 8.21. The molecule has 2 amide bonds. The molecule has 0 aliphatic carbocycles. The molecule has 142 valence electrons. The van der Waals surface area contributed by atoms with Crippen LogP contribution in [0, 0.1) is 12.8 Å². The predicted octanol–water partition coefficient (Wildman–Crippen LogP) is 1.89. The number of hydrogen-bond acceptors (Lipinski definition) is 4. The first-order chi connectivity index (χ1) is 12.5. The maximum Gasteiger partial charge on any atom is 0.241 e. The van der Waals surface area contributed by atoms with Gasteiger partial charge in [0, 0.05) is 24.7 Å². The molecular formula is C20H29N3O3. The summed E-state index contributed by atoms with van der Waals surface area (Å²) < 4.78 is 5.32. The molecule has 2 aliphatic rings. The average Bonchev–Trinajstić information content (AvgIpc) is 2.69. The van der Waals surface area contributed by atoms with Crippen LogP contribution in [0.25, 0.3) is 0 Å². The van der Waals surface area contributed by atoms with Gasteiger partial charge in [0.15, 0.2) is 0 Å². The number of carbonyl (C=O) groups excluding carboxylic acids is 2. The van der Waals surface area contributed by atoms with E-state index in [1.807, 2.05) is 43.0 Å². The van der Waals surface area contributed by atoms with Crippen molar-refractivity contribution in [2.24, 2.45) is 5.92 Å². The van der Waals surface area contributed by atoms with Crippen LogP contribution in [0.1, 0.15) is 25.3 Å². The Morgan fingerprint density at radius 2 is 1.69 bits per heavy atom. The minimum absolute atomic E-state index is 0.00630. The van der Waals surface area contributed by atoms with Crippen molar-refractivity contribution in [3.8, 4) is 0 Å². The molecule has 1 N–H and O–H groups in total. The Bertz CT molecular complexity index is 618. The van der Waals surface area contributed by atoms with Crippen LogP contribution in [0.15, 0.2) is 24.3 Å². The Morgan fingerprint density at radius 3 is 2.31 bits per heavy atom. The van der Waals surface area contributed by atoms with Gasteiger partial charge in [-0.1, -0.05) is 17.7 Å². The molecule has 1 aromatic rings. The van der Waals surface area contributed by atoms with Crippen LogP contribution in [0.4, 0.5) is 5.69 Å². The Hall–Kier alpha value is -1.92. The van der Waals surface area contributed by atoms with Crippen LogP contribution in [0.5, 0.6) is 0 Å². The summed E-state index contributed by atoms with van der Waals surface area (Å²) >= 11 is 0. The molecule has 0 saturated carbocycles. The summed E-state index contributed by atoms with van der Waals surface area (Å²) in [6, 6.07) is 7.63. The third kappa shape index (κ3) is 4.62. The number of likely N-dealkylation sites (tertiary alicyclic amines) is 1. The number of carbonyl (C=O) groups is 2. The van der Waals surface area contributed by atoms with E-state index in [2.05, 4.69) is 10.2 Å². The van der Waals surface area contributed by atoms with E-state index in [-0.39, 0.29) is 23.8 Å². The highest BCUT2D eigenvalue weighted by atomic mass is 16.5. The van der Waals surface area contributed by atoms with E-state index in [0.717, 1.165) is 31.6 Å². The van der Waals surface area contributed by atoms with Gasteiger partial charge in [-0.3, -0.25) is 14.5 Å². The molecule has 0 spiro atoms. The van der Waals surface area contributed by atoms with Gasteiger partial charge in [0.05, 0.1) is 19.3 Å². The maximum atomic E-state index is 12.6. The monoisotopic (exact) mass is 359 g/mol. The van der Waals surface area contributed by atoms with E-state index in [4.69, 9.17) is 4.74 Å². The highest BCUT2D eigenvalue weighted by Crippen LogP contribution is 2.22. The Morgan fingerprint density at radius 1 is 1.08 bits per heavy atom. The number of piperidine rings is 1. The van der Waals surface area contributed by atoms with Crippen molar-refractivity contribution >= 4 is 17.5 Å². The highest BCUT2D eigenvalue weighted by molar-refractivity contribution is 5.94. The number of nitrogens with zero attached hydrogens (tertiary/aromatic N) is 2. The van der Waals surface area contributed by atoms with E-state index in [1.54, 1.807) is 0 Å². The standard InChI is InChI=1S/C20H29N3O3/c1-15-3-5-18(6-4-15)21-19(24)16(2)22-9-7-17(8-10-22)20(25)23-11-13-26-14-12-23/h3-6,16-17H,7-14H2,1-2H3,(H,21,24)/t16-/m0/s1. The van der Waals surface area contributed by atoms with Crippen molar-refractivity contribution in [1.29, 1.82) is 0 Å². The van der Waals surface area contributed by atoms with Gasteiger partial charge in [0.25, 0.3) is 0 Å². The van der Waals surface area contributed by atoms with Crippen LogP contribution < -0.4 is 5.32 Å². The van der Waals surface area contributed by atoms with Crippen LogP contribution >= 0.6 is 0 Å². The first-order valence-electron chi connectivity index (χ1n) is 9.52. The van der Waals surface area contributed by atoms with E-state index in [9.17, 15) is 9.59 Å². The number of ether oxygens (including phenoxy) is 1. The molecule has 1 atom stereocenters. The smallest absolute Gasteiger partial charge is 0.241 e. The SMILES string of the molecule is Cc1ccc(NC(=O)[C@H](C)N2CCC(C(=O)N3CCOCC3)CC2)cc1. The average molecular weight is 359 g/mol. The van der Waals surface area contributed by atoms with Gasteiger partial charge in [-0.15, -0.1) is 0 Å². The van der Waals surface area contributed by atoms with Crippen molar-refractivity contribution in [1.82, 2.24) is 9.80 Å². The second kappa shape index (κ2) is 8.64. The van der Waals surface area contributed by atoms with Crippen molar-refractivity contribution in [2.45, 2.75) is 32.7 Å². The molecule has 0 aromatic heterocycles. The lowest BCUT2D eigenvalue weighted by molar-refractivity contribution is -0.141. The largest absolute Gasteiger partial charge is 0.378 e. The number of nitrogens with one attached hydrogen (secondary N) is 1. The number of morpholine rings is 1. The molecule has 1 aromatic carbocycles. The lowest BCUT2D eigenvalue weighted by Gasteiger charge is -2.37. The molecule has 2 fully saturated rings. The first-order valence-corrected chi connectivity index (χ1v) is 9.52. The number of amides is 2. The molecule has 0 unspecified atom stereocenters. The minimum atomic E-state index is -0.198. The lowest BCUT2D eigenvalue weighted by Crippen LogP contribution is -2.50. The van der Waals surface area contributed by atoms with Gasteiger partial charge in [0.1, 0.15) is 0 Å². The minimum Gasteiger partial charge on any atom is -0.378 e. The molecule has 0 bridgehead atoms. The fourth-order valence-electron chi connectivity index (χ4n) is 3.63. The van der Waals surface area contributed by atoms with Crippen molar-refractivity contribution in [2.75, 3.05) is 44.7 Å². The first kappa shape index (κ1) is 18.9.